The smallest absolute Gasteiger partial charge is 0.296 e. The van der Waals surface area contributed by atoms with Gasteiger partial charge >= 0.3 is 0 Å². The number of H-pyrrole nitrogens is 1. The van der Waals surface area contributed by atoms with Crippen LogP contribution in [0.15, 0.2) is 29.2 Å². The van der Waals surface area contributed by atoms with Crippen LogP contribution in [-0.2, 0) is 23.3 Å². The van der Waals surface area contributed by atoms with E-state index in [4.69, 9.17) is 4.74 Å². The van der Waals surface area contributed by atoms with E-state index < -0.39 is 22.8 Å². The van der Waals surface area contributed by atoms with Gasteiger partial charge in [0.1, 0.15) is 11.4 Å². The number of aromatic nitrogens is 3. The summed E-state index contributed by atoms with van der Waals surface area (Å²) in [5.41, 5.74) is 1.58. The highest BCUT2D eigenvalue weighted by Gasteiger charge is 2.34. The Morgan fingerprint density at radius 2 is 2.21 bits per heavy atom. The number of aromatic hydroxyl groups is 1. The van der Waals surface area contributed by atoms with Gasteiger partial charge in [-0.2, -0.15) is 0 Å². The Balaban J connectivity index is 1.54. The second-order valence-corrected chi connectivity index (χ2v) is 7.82. The van der Waals surface area contributed by atoms with Crippen LogP contribution in [0.2, 0.25) is 0 Å². The summed E-state index contributed by atoms with van der Waals surface area (Å²) in [7, 11) is 0. The van der Waals surface area contributed by atoms with Crippen molar-refractivity contribution in [3.8, 4) is 5.75 Å². The predicted octanol–water partition coefficient (Wildman–Crippen LogP) is 1.98. The minimum Gasteiger partial charge on any atom is -0.501 e. The molecule has 1 aromatic carbocycles. The van der Waals surface area contributed by atoms with Crippen molar-refractivity contribution < 1.29 is 14.6 Å². The number of aryl methyl sites for hydroxylation is 1. The van der Waals surface area contributed by atoms with Crippen LogP contribution in [0.4, 0.5) is 0 Å². The summed E-state index contributed by atoms with van der Waals surface area (Å²) in [6.07, 6.45) is 2.53. The van der Waals surface area contributed by atoms with Crippen molar-refractivity contribution >= 4 is 16.8 Å². The number of nitrogens with zero attached hydrogens (tertiary/aromatic N) is 2. The Bertz CT molecular complexity index is 1160. The van der Waals surface area contributed by atoms with Gasteiger partial charge in [-0.05, 0) is 44.9 Å². The van der Waals surface area contributed by atoms with Gasteiger partial charge in [0, 0.05) is 23.6 Å². The van der Waals surface area contributed by atoms with E-state index in [0.717, 1.165) is 22.0 Å². The van der Waals surface area contributed by atoms with Crippen molar-refractivity contribution in [2.45, 2.75) is 39.3 Å². The van der Waals surface area contributed by atoms with Gasteiger partial charge in [-0.25, -0.2) is 4.98 Å². The van der Waals surface area contributed by atoms with Crippen LogP contribution in [0.25, 0.3) is 10.9 Å². The second kappa shape index (κ2) is 7.04. The maximum absolute atomic E-state index is 12.6. The van der Waals surface area contributed by atoms with E-state index in [-0.39, 0.29) is 5.69 Å². The first-order chi connectivity index (χ1) is 13.8. The first-order valence-electron chi connectivity index (χ1n) is 9.61. The lowest BCUT2D eigenvalue weighted by Crippen LogP contribution is -2.42. The number of amides is 1. The maximum Gasteiger partial charge on any atom is 0.296 e. The fourth-order valence-corrected chi connectivity index (χ4v) is 3.72. The summed E-state index contributed by atoms with van der Waals surface area (Å²) in [5.74, 6) is -0.879. The Labute approximate surface area is 167 Å². The van der Waals surface area contributed by atoms with E-state index in [1.807, 2.05) is 25.3 Å². The number of fused-ring (bicyclic) bond motifs is 2. The molecule has 0 fully saturated rings. The summed E-state index contributed by atoms with van der Waals surface area (Å²) in [6.45, 7) is 6.58. The highest BCUT2D eigenvalue weighted by Crippen LogP contribution is 2.27. The molecule has 3 N–H and O–H groups in total. The lowest BCUT2D eigenvalue weighted by atomic mass is 10.1. The molecule has 3 heterocycles. The molecule has 0 unspecified atom stereocenters. The zero-order valence-electron chi connectivity index (χ0n) is 16.7. The molecule has 0 spiro atoms. The lowest BCUT2D eigenvalue weighted by molar-refractivity contribution is -0.0566. The van der Waals surface area contributed by atoms with Gasteiger partial charge in [0.2, 0.25) is 5.75 Å². The van der Waals surface area contributed by atoms with Gasteiger partial charge in [-0.1, -0.05) is 11.6 Å². The van der Waals surface area contributed by atoms with Crippen molar-refractivity contribution in [2.24, 2.45) is 0 Å². The van der Waals surface area contributed by atoms with Crippen LogP contribution >= 0.6 is 0 Å². The van der Waals surface area contributed by atoms with Crippen LogP contribution in [0, 0.1) is 6.92 Å². The first-order valence-corrected chi connectivity index (χ1v) is 9.61. The van der Waals surface area contributed by atoms with E-state index in [0.29, 0.717) is 31.9 Å². The van der Waals surface area contributed by atoms with E-state index in [1.165, 1.54) is 4.57 Å². The summed E-state index contributed by atoms with van der Waals surface area (Å²) >= 11 is 0. The standard InChI is InChI=1S/C21H24N4O4/c1-12-4-5-15-14(10-12)13(11-23-15)6-7-22-18(27)16-17(26)19(28)25-8-9-29-21(2,3)20(25)24-16/h4-5,10-11,23,26H,6-9H2,1-3H3,(H,22,27). The molecule has 8 heteroatoms. The molecule has 0 aliphatic carbocycles. The molecular weight excluding hydrogens is 372 g/mol. The summed E-state index contributed by atoms with van der Waals surface area (Å²) in [5, 5.41) is 14.1. The number of rotatable bonds is 4. The normalized spacial score (nSPS) is 15.3. The van der Waals surface area contributed by atoms with Gasteiger partial charge < -0.3 is 20.1 Å². The van der Waals surface area contributed by atoms with Crippen molar-refractivity contribution in [1.82, 2.24) is 19.9 Å². The monoisotopic (exact) mass is 396 g/mol. The molecule has 0 atom stereocenters. The van der Waals surface area contributed by atoms with Gasteiger partial charge in [0.15, 0.2) is 5.69 Å². The molecule has 152 valence electrons. The minimum absolute atomic E-state index is 0.269. The topological polar surface area (TPSA) is 109 Å². The van der Waals surface area contributed by atoms with Crippen LogP contribution in [0.5, 0.6) is 5.75 Å². The Kier molecular flexibility index (Phi) is 4.66. The molecule has 0 bridgehead atoms. The SMILES string of the molecule is Cc1ccc2[nH]cc(CCNC(=O)c3nc4n(c(=O)c3O)CCOC4(C)C)c2c1. The molecule has 0 radical (unpaired) electrons. The van der Waals surface area contributed by atoms with E-state index in [9.17, 15) is 14.7 Å². The molecule has 1 aliphatic heterocycles. The van der Waals surface area contributed by atoms with Crippen molar-refractivity contribution in [2.75, 3.05) is 13.2 Å². The van der Waals surface area contributed by atoms with Gasteiger partial charge in [0.05, 0.1) is 13.2 Å². The number of benzene rings is 1. The molecule has 3 aromatic rings. The number of nitrogens with one attached hydrogen (secondary N) is 2. The zero-order valence-corrected chi connectivity index (χ0v) is 16.7. The fourth-order valence-electron chi connectivity index (χ4n) is 3.72. The highest BCUT2D eigenvalue weighted by molar-refractivity contribution is 5.94. The molecular formula is C21H24N4O4. The molecule has 1 aliphatic rings. The number of hydrogen-bond donors (Lipinski definition) is 3. The van der Waals surface area contributed by atoms with Crippen molar-refractivity contribution in [1.29, 1.82) is 0 Å². The van der Waals surface area contributed by atoms with E-state index >= 15 is 0 Å². The number of carbonyl (C=O) groups is 1. The Hall–Kier alpha value is -3.13. The maximum atomic E-state index is 12.6. The number of ether oxygens (including phenoxy) is 1. The fraction of sp³-hybridized carbons (Fsp3) is 0.381. The van der Waals surface area contributed by atoms with Gasteiger partial charge in [0.25, 0.3) is 11.5 Å². The van der Waals surface area contributed by atoms with Crippen LogP contribution in [0.3, 0.4) is 0 Å². The average Bonchev–Trinajstić information content (AvgIpc) is 3.06. The summed E-state index contributed by atoms with van der Waals surface area (Å²) < 4.78 is 7.03. The molecule has 8 nitrogen and oxygen atoms in total. The summed E-state index contributed by atoms with van der Waals surface area (Å²) in [6, 6.07) is 6.17. The molecule has 0 saturated heterocycles. The third-order valence-corrected chi connectivity index (χ3v) is 5.28. The number of carbonyl (C=O) groups excluding carboxylic acids is 1. The molecule has 0 saturated carbocycles. The number of hydrogen-bond acceptors (Lipinski definition) is 5. The summed E-state index contributed by atoms with van der Waals surface area (Å²) in [4.78, 5) is 32.6. The Morgan fingerprint density at radius 1 is 1.41 bits per heavy atom. The quantitative estimate of drug-likeness (QED) is 0.625. The molecule has 1 amide bonds. The lowest BCUT2D eigenvalue weighted by Gasteiger charge is -2.32. The van der Waals surface area contributed by atoms with Crippen LogP contribution in [-0.4, -0.2) is 38.7 Å². The average molecular weight is 396 g/mol. The van der Waals surface area contributed by atoms with Crippen molar-refractivity contribution in [3.63, 3.8) is 0 Å². The zero-order chi connectivity index (χ0) is 20.8. The molecule has 29 heavy (non-hydrogen) atoms. The highest BCUT2D eigenvalue weighted by atomic mass is 16.5. The minimum atomic E-state index is -0.817. The third kappa shape index (κ3) is 3.40. The van der Waals surface area contributed by atoms with Crippen molar-refractivity contribution in [3.05, 3.63) is 57.4 Å². The predicted molar refractivity (Wildman–Crippen MR) is 108 cm³/mol. The third-order valence-electron chi connectivity index (χ3n) is 5.28. The van der Waals surface area contributed by atoms with E-state index in [1.54, 1.807) is 13.8 Å². The molecule has 2 aromatic heterocycles. The first kappa shape index (κ1) is 19.2. The molecule has 4 rings (SSSR count). The van der Waals surface area contributed by atoms with Gasteiger partial charge in [-0.3, -0.25) is 14.2 Å². The Morgan fingerprint density at radius 3 is 3.00 bits per heavy atom. The van der Waals surface area contributed by atoms with E-state index in [2.05, 4.69) is 21.4 Å². The van der Waals surface area contributed by atoms with Crippen LogP contribution in [0.1, 0.15) is 41.3 Å². The van der Waals surface area contributed by atoms with Gasteiger partial charge in [-0.15, -0.1) is 0 Å². The number of aromatic amines is 1. The van der Waals surface area contributed by atoms with Crippen LogP contribution < -0.4 is 10.9 Å². The largest absolute Gasteiger partial charge is 0.501 e. The second-order valence-electron chi connectivity index (χ2n) is 7.82.